The number of benzene rings is 2. The molecule has 0 aromatic heterocycles. The van der Waals surface area contributed by atoms with Crippen molar-refractivity contribution < 1.29 is 14.3 Å². The van der Waals surface area contributed by atoms with Crippen LogP contribution in [0.3, 0.4) is 0 Å². The van der Waals surface area contributed by atoms with Crippen molar-refractivity contribution in [3.8, 4) is 11.1 Å². The fraction of sp³-hybridized carbons (Fsp3) is 0.348. The summed E-state index contributed by atoms with van der Waals surface area (Å²) in [6.07, 6.45) is 2.82. The molecule has 0 radical (unpaired) electrons. The van der Waals surface area contributed by atoms with Crippen molar-refractivity contribution >= 4 is 23.7 Å². The van der Waals surface area contributed by atoms with Crippen molar-refractivity contribution in [2.45, 2.75) is 12.0 Å². The molecule has 2 aromatic rings. The normalized spacial score (nSPS) is 19.4. The Bertz CT molecular complexity index is 1020. The van der Waals surface area contributed by atoms with Crippen LogP contribution in [0.25, 0.3) is 11.1 Å². The Hall–Kier alpha value is -3.03. The molecule has 7 heteroatoms. The van der Waals surface area contributed by atoms with Crippen LogP contribution in [0.4, 0.5) is 5.69 Å². The molecule has 2 fully saturated rings. The fourth-order valence-corrected chi connectivity index (χ4v) is 4.14. The number of nitrogens with two attached hydrogens (primary N) is 1. The molecule has 0 spiro atoms. The lowest BCUT2D eigenvalue weighted by Crippen LogP contribution is -2.68. The molecule has 5 rings (SSSR count). The van der Waals surface area contributed by atoms with E-state index in [0.29, 0.717) is 31.7 Å². The lowest BCUT2D eigenvalue weighted by Gasteiger charge is -2.43. The van der Waals surface area contributed by atoms with Gasteiger partial charge in [-0.25, -0.2) is 0 Å². The van der Waals surface area contributed by atoms with Crippen molar-refractivity contribution in [2.24, 2.45) is 10.7 Å². The van der Waals surface area contributed by atoms with Gasteiger partial charge in [-0.1, -0.05) is 24.3 Å². The summed E-state index contributed by atoms with van der Waals surface area (Å²) in [5.41, 5.74) is 10.2. The van der Waals surface area contributed by atoms with Gasteiger partial charge in [-0.15, -0.1) is 0 Å². The molecule has 0 aliphatic carbocycles. The van der Waals surface area contributed by atoms with Crippen LogP contribution in [0.5, 0.6) is 0 Å². The maximum Gasteiger partial charge on any atom is 0.253 e. The monoisotopic (exact) mass is 404 g/mol. The van der Waals surface area contributed by atoms with Crippen LogP contribution < -0.4 is 5.73 Å². The third-order valence-electron chi connectivity index (χ3n) is 6.09. The number of hydrogen-bond acceptors (Lipinski definition) is 5. The van der Waals surface area contributed by atoms with Gasteiger partial charge in [0.2, 0.25) is 5.91 Å². The summed E-state index contributed by atoms with van der Waals surface area (Å²) in [6, 6.07) is 14.0. The molecule has 7 nitrogen and oxygen atoms in total. The number of rotatable bonds is 3. The van der Waals surface area contributed by atoms with Gasteiger partial charge in [-0.05, 0) is 34.9 Å². The van der Waals surface area contributed by atoms with E-state index in [0.717, 1.165) is 23.2 Å². The molecule has 0 saturated carbocycles. The Morgan fingerprint density at radius 2 is 1.60 bits per heavy atom. The van der Waals surface area contributed by atoms with Crippen LogP contribution >= 0.6 is 0 Å². The summed E-state index contributed by atoms with van der Waals surface area (Å²) < 4.78 is 5.09. The van der Waals surface area contributed by atoms with Crippen molar-refractivity contribution in [3.05, 3.63) is 53.6 Å². The first-order chi connectivity index (χ1) is 14.5. The van der Waals surface area contributed by atoms with Crippen LogP contribution in [-0.2, 0) is 16.0 Å². The first-order valence-electron chi connectivity index (χ1n) is 10.2. The highest BCUT2D eigenvalue weighted by molar-refractivity contribution is 5.95. The lowest BCUT2D eigenvalue weighted by atomic mass is 9.96. The highest BCUT2D eigenvalue weighted by Gasteiger charge is 2.45. The zero-order valence-corrected chi connectivity index (χ0v) is 16.7. The second kappa shape index (κ2) is 7.34. The van der Waals surface area contributed by atoms with Crippen LogP contribution in [0.1, 0.15) is 15.9 Å². The second-order valence-corrected chi connectivity index (χ2v) is 8.17. The average Bonchev–Trinajstić information content (AvgIpc) is 3.24. The van der Waals surface area contributed by atoms with Crippen molar-refractivity contribution in [2.75, 3.05) is 39.4 Å². The average molecular weight is 404 g/mol. The Morgan fingerprint density at radius 1 is 0.933 bits per heavy atom. The SMILES string of the molecule is NC1(C(=O)N2CCN(C(=O)c3ccc(-c4ccc5c(c4)N=CC5)cc3)CC2)COC1. The van der Waals surface area contributed by atoms with Gasteiger partial charge in [0.25, 0.3) is 5.91 Å². The predicted octanol–water partition coefficient (Wildman–Crippen LogP) is 1.62. The Balaban J connectivity index is 1.23. The van der Waals surface area contributed by atoms with Gasteiger partial charge in [-0.3, -0.25) is 14.6 Å². The van der Waals surface area contributed by atoms with E-state index in [1.54, 1.807) is 9.80 Å². The number of piperazine rings is 1. The molecule has 3 heterocycles. The highest BCUT2D eigenvalue weighted by Crippen LogP contribution is 2.30. The maximum atomic E-state index is 12.9. The molecule has 2 N–H and O–H groups in total. The number of ether oxygens (including phenoxy) is 1. The zero-order valence-electron chi connectivity index (χ0n) is 16.7. The molecule has 3 aliphatic heterocycles. The van der Waals surface area contributed by atoms with E-state index in [1.165, 1.54) is 5.56 Å². The number of hydrogen-bond donors (Lipinski definition) is 1. The van der Waals surface area contributed by atoms with Crippen LogP contribution in [0.15, 0.2) is 47.5 Å². The number of nitrogens with zero attached hydrogens (tertiary/aromatic N) is 3. The number of aliphatic imine (C=N–C) groups is 1. The first kappa shape index (κ1) is 19.0. The Kier molecular flexibility index (Phi) is 4.64. The topological polar surface area (TPSA) is 88.2 Å². The minimum Gasteiger partial charge on any atom is -0.376 e. The molecule has 2 amide bonds. The quantitative estimate of drug-likeness (QED) is 0.842. The van der Waals surface area contributed by atoms with Crippen molar-refractivity contribution in [1.82, 2.24) is 9.80 Å². The van der Waals surface area contributed by atoms with Crippen LogP contribution in [0, 0.1) is 0 Å². The van der Waals surface area contributed by atoms with Gasteiger partial charge in [0.1, 0.15) is 5.54 Å². The number of carbonyl (C=O) groups excluding carboxylic acids is 2. The van der Waals surface area contributed by atoms with E-state index in [-0.39, 0.29) is 25.0 Å². The fourth-order valence-electron chi connectivity index (χ4n) is 4.14. The molecule has 3 aliphatic rings. The number of carbonyl (C=O) groups is 2. The molecule has 30 heavy (non-hydrogen) atoms. The molecular weight excluding hydrogens is 380 g/mol. The van der Waals surface area contributed by atoms with Gasteiger partial charge in [0.05, 0.1) is 18.9 Å². The molecule has 2 saturated heterocycles. The van der Waals surface area contributed by atoms with Crippen molar-refractivity contribution in [3.63, 3.8) is 0 Å². The molecule has 0 unspecified atom stereocenters. The molecule has 2 aromatic carbocycles. The summed E-state index contributed by atoms with van der Waals surface area (Å²) in [4.78, 5) is 33.3. The van der Waals surface area contributed by atoms with Gasteiger partial charge in [0, 0.05) is 44.4 Å². The first-order valence-corrected chi connectivity index (χ1v) is 10.2. The summed E-state index contributed by atoms with van der Waals surface area (Å²) in [5.74, 6) is -0.0921. The van der Waals surface area contributed by atoms with E-state index in [1.807, 2.05) is 30.5 Å². The summed E-state index contributed by atoms with van der Waals surface area (Å²) >= 11 is 0. The van der Waals surface area contributed by atoms with E-state index in [2.05, 4.69) is 23.2 Å². The van der Waals surface area contributed by atoms with Gasteiger partial charge >= 0.3 is 0 Å². The van der Waals surface area contributed by atoms with E-state index < -0.39 is 5.54 Å². The van der Waals surface area contributed by atoms with Gasteiger partial charge in [0.15, 0.2) is 0 Å². The minimum atomic E-state index is -0.884. The zero-order chi connectivity index (χ0) is 20.7. The molecule has 0 atom stereocenters. The number of fused-ring (bicyclic) bond motifs is 1. The lowest BCUT2D eigenvalue weighted by molar-refractivity contribution is -0.155. The number of amides is 2. The standard InChI is InChI=1S/C23H24N4O3/c24-23(14-30-15-23)22(29)27-11-9-26(10-12-27)21(28)18-4-1-16(2-5-18)19-6-3-17-7-8-25-20(17)13-19/h1-6,8,13H,7,9-12,14-15,24H2. The largest absolute Gasteiger partial charge is 0.376 e. The summed E-state index contributed by atoms with van der Waals surface area (Å²) in [5, 5.41) is 0. The van der Waals surface area contributed by atoms with Gasteiger partial charge in [-0.2, -0.15) is 0 Å². The Labute approximate surface area is 175 Å². The van der Waals surface area contributed by atoms with E-state index in [4.69, 9.17) is 10.5 Å². The molecule has 0 bridgehead atoms. The third-order valence-corrected chi connectivity index (χ3v) is 6.09. The van der Waals surface area contributed by atoms with Gasteiger partial charge < -0.3 is 20.3 Å². The van der Waals surface area contributed by atoms with E-state index in [9.17, 15) is 9.59 Å². The smallest absolute Gasteiger partial charge is 0.253 e. The molecular formula is C23H24N4O3. The van der Waals surface area contributed by atoms with Crippen LogP contribution in [-0.4, -0.2) is 72.8 Å². The van der Waals surface area contributed by atoms with E-state index >= 15 is 0 Å². The third kappa shape index (κ3) is 3.30. The maximum absolute atomic E-state index is 12.9. The minimum absolute atomic E-state index is 0.0124. The summed E-state index contributed by atoms with van der Waals surface area (Å²) in [7, 11) is 0. The van der Waals surface area contributed by atoms with Crippen LogP contribution in [0.2, 0.25) is 0 Å². The predicted molar refractivity (Wildman–Crippen MR) is 114 cm³/mol. The second-order valence-electron chi connectivity index (χ2n) is 8.17. The molecule has 154 valence electrons. The highest BCUT2D eigenvalue weighted by atomic mass is 16.5. The Morgan fingerprint density at radius 3 is 2.27 bits per heavy atom. The van der Waals surface area contributed by atoms with Crippen molar-refractivity contribution in [1.29, 1.82) is 0 Å². The summed E-state index contributed by atoms with van der Waals surface area (Å²) in [6.45, 7) is 2.55.